The highest BCUT2D eigenvalue weighted by molar-refractivity contribution is 7.18. The van der Waals surface area contributed by atoms with Gasteiger partial charge in [-0.2, -0.15) is 0 Å². The Kier molecular flexibility index (Phi) is 4.13. The quantitative estimate of drug-likeness (QED) is 0.439. The van der Waals surface area contributed by atoms with Crippen molar-refractivity contribution in [3.63, 3.8) is 0 Å². The lowest BCUT2D eigenvalue weighted by molar-refractivity contribution is 0.622. The summed E-state index contributed by atoms with van der Waals surface area (Å²) in [6, 6.07) is 7.27. The first-order valence-corrected chi connectivity index (χ1v) is 9.74. The van der Waals surface area contributed by atoms with Gasteiger partial charge < -0.3 is 4.57 Å². The minimum Gasteiger partial charge on any atom is -0.350 e. The molecule has 0 N–H and O–H groups in total. The lowest BCUT2D eigenvalue weighted by Crippen LogP contribution is -1.95. The Morgan fingerprint density at radius 3 is 2.69 bits per heavy atom. The third kappa shape index (κ3) is 3.07. The maximum atomic E-state index is 13.6. The van der Waals surface area contributed by atoms with E-state index in [0.717, 1.165) is 32.9 Å². The van der Waals surface area contributed by atoms with Crippen LogP contribution in [-0.2, 0) is 7.05 Å². The van der Waals surface area contributed by atoms with Crippen molar-refractivity contribution < 1.29 is 4.39 Å². The second-order valence-electron chi connectivity index (χ2n) is 6.61. The van der Waals surface area contributed by atoms with Crippen molar-refractivity contribution in [2.24, 2.45) is 7.05 Å². The molecule has 0 aromatic carbocycles. The molecule has 6 nitrogen and oxygen atoms in total. The zero-order valence-corrected chi connectivity index (χ0v) is 16.5. The van der Waals surface area contributed by atoms with Crippen LogP contribution in [0, 0.1) is 12.7 Å². The summed E-state index contributed by atoms with van der Waals surface area (Å²) in [6.45, 7) is 1.93. The third-order valence-electron chi connectivity index (χ3n) is 4.64. The van der Waals surface area contributed by atoms with E-state index in [1.165, 1.54) is 23.6 Å². The monoisotopic (exact) mass is 402 g/mol. The molecule has 0 spiro atoms. The Bertz CT molecular complexity index is 1340. The third-order valence-corrected chi connectivity index (χ3v) is 5.87. The Hall–Kier alpha value is -3.52. The van der Waals surface area contributed by atoms with Gasteiger partial charge in [-0.25, -0.2) is 24.3 Å². The summed E-state index contributed by atoms with van der Waals surface area (Å²) >= 11 is 1.46. The van der Waals surface area contributed by atoms with Crippen LogP contribution in [-0.4, -0.2) is 29.5 Å². The summed E-state index contributed by atoms with van der Waals surface area (Å²) in [5.74, 6) is 0.186. The molecule has 0 unspecified atom stereocenters. The fourth-order valence-electron chi connectivity index (χ4n) is 3.26. The molecule has 0 saturated carbocycles. The van der Waals surface area contributed by atoms with Gasteiger partial charge in [0, 0.05) is 42.8 Å². The molecule has 29 heavy (non-hydrogen) atoms. The van der Waals surface area contributed by atoms with Crippen LogP contribution >= 0.6 is 11.3 Å². The molecule has 8 heteroatoms. The molecule has 5 heterocycles. The SMILES string of the molecule is Cc1nc(-c2cncc(F)c2)sc1-c1cc2c(ccn2C)c(-c2ncccn2)n1. The zero-order valence-electron chi connectivity index (χ0n) is 15.7. The van der Waals surface area contributed by atoms with E-state index in [9.17, 15) is 4.39 Å². The summed E-state index contributed by atoms with van der Waals surface area (Å²) in [6.07, 6.45) is 8.20. The Morgan fingerprint density at radius 1 is 1.07 bits per heavy atom. The maximum Gasteiger partial charge on any atom is 0.178 e. The molecular weight excluding hydrogens is 387 g/mol. The van der Waals surface area contributed by atoms with Crippen LogP contribution < -0.4 is 0 Å². The van der Waals surface area contributed by atoms with Crippen LogP contribution in [0.15, 0.2) is 55.2 Å². The van der Waals surface area contributed by atoms with Gasteiger partial charge in [-0.15, -0.1) is 11.3 Å². The molecule has 0 aliphatic rings. The van der Waals surface area contributed by atoms with Gasteiger partial charge in [0.2, 0.25) is 0 Å². The van der Waals surface area contributed by atoms with Gasteiger partial charge >= 0.3 is 0 Å². The molecule has 0 aliphatic carbocycles. The summed E-state index contributed by atoms with van der Waals surface area (Å²) < 4.78 is 15.6. The van der Waals surface area contributed by atoms with Crippen molar-refractivity contribution in [1.29, 1.82) is 0 Å². The fraction of sp³-hybridized carbons (Fsp3) is 0.0952. The number of rotatable bonds is 3. The van der Waals surface area contributed by atoms with Gasteiger partial charge in [-0.05, 0) is 31.2 Å². The first kappa shape index (κ1) is 17.6. The first-order chi connectivity index (χ1) is 14.1. The van der Waals surface area contributed by atoms with Crippen LogP contribution in [0.2, 0.25) is 0 Å². The Morgan fingerprint density at radius 2 is 1.90 bits per heavy atom. The summed E-state index contributed by atoms with van der Waals surface area (Å²) in [7, 11) is 1.99. The van der Waals surface area contributed by atoms with Crippen molar-refractivity contribution in [2.45, 2.75) is 6.92 Å². The number of hydrogen-bond acceptors (Lipinski definition) is 6. The molecule has 0 fully saturated rings. The highest BCUT2D eigenvalue weighted by Crippen LogP contribution is 2.37. The number of hydrogen-bond donors (Lipinski definition) is 0. The fourth-order valence-corrected chi connectivity index (χ4v) is 4.27. The van der Waals surface area contributed by atoms with E-state index in [4.69, 9.17) is 4.98 Å². The minimum atomic E-state index is -0.385. The number of aromatic nitrogens is 6. The topological polar surface area (TPSA) is 69.4 Å². The maximum absolute atomic E-state index is 13.6. The van der Waals surface area contributed by atoms with Gasteiger partial charge in [-0.1, -0.05) is 0 Å². The van der Waals surface area contributed by atoms with Crippen molar-refractivity contribution in [3.05, 3.63) is 66.8 Å². The molecule has 0 saturated heterocycles. The van der Waals surface area contributed by atoms with Crippen LogP contribution in [0.25, 0.3) is 43.6 Å². The van der Waals surface area contributed by atoms with Gasteiger partial charge in [0.1, 0.15) is 16.5 Å². The highest BCUT2D eigenvalue weighted by Gasteiger charge is 2.18. The molecule has 0 bridgehead atoms. The number of aryl methyl sites for hydroxylation is 2. The van der Waals surface area contributed by atoms with Gasteiger partial charge in [0.05, 0.1) is 28.0 Å². The lowest BCUT2D eigenvalue weighted by Gasteiger charge is -2.06. The molecular formula is C21H15FN6S. The van der Waals surface area contributed by atoms with E-state index in [-0.39, 0.29) is 5.82 Å². The molecule has 0 aliphatic heterocycles. The molecule has 5 rings (SSSR count). The first-order valence-electron chi connectivity index (χ1n) is 8.92. The zero-order chi connectivity index (χ0) is 20.0. The average Bonchev–Trinajstić information content (AvgIpc) is 3.31. The van der Waals surface area contributed by atoms with E-state index in [2.05, 4.69) is 19.9 Å². The largest absolute Gasteiger partial charge is 0.350 e. The predicted octanol–water partition coefficient (Wildman–Crippen LogP) is 4.66. The summed E-state index contributed by atoms with van der Waals surface area (Å²) in [4.78, 5) is 23.1. The Balaban J connectivity index is 1.71. The van der Waals surface area contributed by atoms with Crippen molar-refractivity contribution in [3.8, 4) is 32.7 Å². The number of nitrogens with zero attached hydrogens (tertiary/aromatic N) is 6. The van der Waals surface area contributed by atoms with E-state index in [1.807, 2.05) is 36.9 Å². The van der Waals surface area contributed by atoms with Crippen LogP contribution in [0.3, 0.4) is 0 Å². The minimum absolute atomic E-state index is 0.385. The molecule has 0 radical (unpaired) electrons. The Labute approximate surface area is 169 Å². The highest BCUT2D eigenvalue weighted by atomic mass is 32.1. The van der Waals surface area contributed by atoms with E-state index in [0.29, 0.717) is 16.4 Å². The van der Waals surface area contributed by atoms with Gasteiger partial charge in [-0.3, -0.25) is 4.98 Å². The average molecular weight is 402 g/mol. The molecule has 0 amide bonds. The van der Waals surface area contributed by atoms with Gasteiger partial charge in [0.25, 0.3) is 0 Å². The standard InChI is InChI=1S/C21H15FN6S/c1-12-19(29-21(26-12)13-8-14(22)11-23-10-13)16-9-17-15(4-7-28(17)2)18(27-16)20-24-5-3-6-25-20/h3-11H,1-2H3. The van der Waals surface area contributed by atoms with Gasteiger partial charge in [0.15, 0.2) is 5.82 Å². The normalized spacial score (nSPS) is 11.3. The van der Waals surface area contributed by atoms with E-state index < -0.39 is 0 Å². The molecule has 142 valence electrons. The number of thiazole rings is 1. The smallest absolute Gasteiger partial charge is 0.178 e. The van der Waals surface area contributed by atoms with E-state index in [1.54, 1.807) is 24.7 Å². The van der Waals surface area contributed by atoms with E-state index >= 15 is 0 Å². The number of halogens is 1. The van der Waals surface area contributed by atoms with Crippen molar-refractivity contribution in [2.75, 3.05) is 0 Å². The summed E-state index contributed by atoms with van der Waals surface area (Å²) in [5.41, 5.74) is 4.01. The molecule has 0 atom stereocenters. The number of fused-ring (bicyclic) bond motifs is 1. The second-order valence-corrected chi connectivity index (χ2v) is 7.61. The van der Waals surface area contributed by atoms with Crippen LogP contribution in [0.1, 0.15) is 5.69 Å². The van der Waals surface area contributed by atoms with Crippen molar-refractivity contribution >= 4 is 22.2 Å². The molecule has 5 aromatic rings. The van der Waals surface area contributed by atoms with Crippen LogP contribution in [0.4, 0.5) is 4.39 Å². The van der Waals surface area contributed by atoms with Crippen molar-refractivity contribution in [1.82, 2.24) is 29.5 Å². The number of pyridine rings is 2. The predicted molar refractivity (Wildman–Crippen MR) is 111 cm³/mol. The second kappa shape index (κ2) is 6.82. The summed E-state index contributed by atoms with van der Waals surface area (Å²) in [5, 5.41) is 1.69. The molecule has 5 aromatic heterocycles. The van der Waals surface area contributed by atoms with Crippen LogP contribution in [0.5, 0.6) is 0 Å². The lowest BCUT2D eigenvalue weighted by atomic mass is 10.1.